The summed E-state index contributed by atoms with van der Waals surface area (Å²) in [7, 11) is 6.01. The van der Waals surface area contributed by atoms with Gasteiger partial charge in [-0.1, -0.05) is 36.4 Å². The molecule has 1 amide bonds. The number of benzene rings is 3. The number of nitrogens with zero attached hydrogens (tertiary/aromatic N) is 5. The lowest BCUT2D eigenvalue weighted by molar-refractivity contribution is -0.137. The van der Waals surface area contributed by atoms with Crippen LogP contribution in [0.5, 0.6) is 17.2 Å². The lowest BCUT2D eigenvalue weighted by Gasteiger charge is -2.33. The maximum Gasteiger partial charge on any atom is 0.416 e. The molecule has 1 unspecified atom stereocenters. The Balaban J connectivity index is 1.16. The quantitative estimate of drug-likeness (QED) is 0.109. The number of methoxy groups -OCH3 is 3. The summed E-state index contributed by atoms with van der Waals surface area (Å²) < 4.78 is 59.6. The Morgan fingerprint density at radius 2 is 1.61 bits per heavy atom. The molecule has 1 saturated heterocycles. The van der Waals surface area contributed by atoms with E-state index in [1.165, 1.54) is 38.4 Å². The van der Waals surface area contributed by atoms with E-state index in [1.54, 1.807) is 31.4 Å². The van der Waals surface area contributed by atoms with E-state index in [0.29, 0.717) is 74.1 Å². The molecule has 0 bridgehead atoms. The van der Waals surface area contributed by atoms with Crippen molar-refractivity contribution in [1.29, 1.82) is 0 Å². The van der Waals surface area contributed by atoms with Crippen LogP contribution < -0.4 is 14.2 Å². The van der Waals surface area contributed by atoms with E-state index in [4.69, 9.17) is 19.2 Å². The normalized spacial score (nSPS) is 14.5. The van der Waals surface area contributed by atoms with Gasteiger partial charge in [-0.2, -0.15) is 13.2 Å². The van der Waals surface area contributed by atoms with Crippen molar-refractivity contribution in [3.8, 4) is 17.2 Å². The number of halogens is 3. The van der Waals surface area contributed by atoms with Gasteiger partial charge in [0.25, 0.3) is 5.91 Å². The molecule has 0 N–H and O–H groups in total. The van der Waals surface area contributed by atoms with Crippen LogP contribution in [-0.2, 0) is 12.7 Å². The molecule has 3 heterocycles. The van der Waals surface area contributed by atoms with Crippen LogP contribution in [0.15, 0.2) is 85.1 Å². The molecule has 1 atom stereocenters. The van der Waals surface area contributed by atoms with Crippen molar-refractivity contribution in [1.82, 2.24) is 24.3 Å². The number of hydrogen-bond donors (Lipinski definition) is 0. The number of pyridine rings is 1. The Morgan fingerprint density at radius 1 is 0.907 bits per heavy atom. The summed E-state index contributed by atoms with van der Waals surface area (Å²) in [5.74, 6) is 0.413. The molecule has 10 nitrogen and oxygen atoms in total. The number of alkyl halides is 3. The van der Waals surface area contributed by atoms with E-state index >= 15 is 0 Å². The fraction of sp³-hybridized carbons (Fsp3) is 0.366. The third-order valence-corrected chi connectivity index (χ3v) is 10.1. The first-order valence-corrected chi connectivity index (χ1v) is 17.8. The zero-order valence-corrected chi connectivity index (χ0v) is 30.8. The Bertz CT molecular complexity index is 2050. The number of carbonyl (C=O) groups excluding carboxylic acids is 2. The minimum absolute atomic E-state index is 0.00412. The van der Waals surface area contributed by atoms with Crippen LogP contribution in [0.1, 0.15) is 63.0 Å². The first-order chi connectivity index (χ1) is 26.0. The van der Waals surface area contributed by atoms with Crippen molar-refractivity contribution < 1.29 is 37.0 Å². The summed E-state index contributed by atoms with van der Waals surface area (Å²) in [5.41, 5.74) is 2.50. The molecule has 3 aromatic carbocycles. The molecule has 54 heavy (non-hydrogen) atoms. The van der Waals surface area contributed by atoms with Gasteiger partial charge in [-0.25, -0.2) is 4.98 Å². The number of Topliss-reactive ketones (excluding diaryl/α,β-unsaturated/α-hetero) is 1. The minimum Gasteiger partial charge on any atom is -0.493 e. The highest BCUT2D eigenvalue weighted by Crippen LogP contribution is 2.39. The van der Waals surface area contributed by atoms with Gasteiger partial charge in [0.1, 0.15) is 0 Å². The van der Waals surface area contributed by atoms with Gasteiger partial charge in [-0.15, -0.1) is 0 Å². The predicted molar refractivity (Wildman–Crippen MR) is 198 cm³/mol. The molecule has 5 aromatic rings. The Hall–Kier alpha value is -5.43. The fourth-order valence-electron chi connectivity index (χ4n) is 7.19. The van der Waals surface area contributed by atoms with Gasteiger partial charge in [0.15, 0.2) is 17.3 Å². The molecule has 0 aliphatic carbocycles. The van der Waals surface area contributed by atoms with Crippen molar-refractivity contribution in [2.24, 2.45) is 5.92 Å². The first-order valence-electron chi connectivity index (χ1n) is 17.8. The smallest absolute Gasteiger partial charge is 0.416 e. The van der Waals surface area contributed by atoms with E-state index in [2.05, 4.69) is 9.88 Å². The van der Waals surface area contributed by atoms with Crippen LogP contribution in [0.2, 0.25) is 0 Å². The number of likely N-dealkylation sites (N-methyl/N-ethyl adjacent to an activating group) is 1. The Labute approximate surface area is 312 Å². The lowest BCUT2D eigenvalue weighted by atomic mass is 9.90. The fourth-order valence-corrected chi connectivity index (χ4v) is 7.19. The minimum atomic E-state index is -4.51. The van der Waals surface area contributed by atoms with Gasteiger partial charge in [-0.05, 0) is 86.9 Å². The molecule has 0 spiro atoms. The molecule has 13 heteroatoms. The monoisotopic (exact) mass is 743 g/mol. The summed E-state index contributed by atoms with van der Waals surface area (Å²) in [6, 6.07) is 21.8. The van der Waals surface area contributed by atoms with Gasteiger partial charge in [0.2, 0.25) is 11.5 Å². The molecular weight excluding hydrogens is 699 g/mol. The van der Waals surface area contributed by atoms with Gasteiger partial charge in [0.05, 0.1) is 50.2 Å². The third-order valence-electron chi connectivity index (χ3n) is 10.1. The van der Waals surface area contributed by atoms with Crippen LogP contribution >= 0.6 is 0 Å². The molecule has 1 aliphatic heterocycles. The Kier molecular flexibility index (Phi) is 11.9. The maximum absolute atomic E-state index is 14.0. The average molecular weight is 744 g/mol. The number of hydrogen-bond acceptors (Lipinski definition) is 8. The molecule has 284 valence electrons. The molecule has 6 rings (SSSR count). The number of para-hydroxylation sites is 2. The van der Waals surface area contributed by atoms with Gasteiger partial charge >= 0.3 is 6.18 Å². The number of piperidine rings is 1. The number of imidazole rings is 1. The summed E-state index contributed by atoms with van der Waals surface area (Å²) in [6.45, 7) is 2.46. The van der Waals surface area contributed by atoms with Crippen molar-refractivity contribution >= 4 is 22.7 Å². The molecule has 1 fully saturated rings. The van der Waals surface area contributed by atoms with E-state index in [0.717, 1.165) is 22.8 Å². The number of ether oxygens (including phenoxy) is 3. The van der Waals surface area contributed by atoms with E-state index in [-0.39, 0.29) is 29.7 Å². The molecule has 1 aliphatic rings. The number of likely N-dealkylation sites (tertiary alicyclic amines) is 1. The van der Waals surface area contributed by atoms with Crippen LogP contribution in [-0.4, -0.2) is 90.6 Å². The van der Waals surface area contributed by atoms with Gasteiger partial charge < -0.3 is 28.6 Å². The Morgan fingerprint density at radius 3 is 2.26 bits per heavy atom. The summed E-state index contributed by atoms with van der Waals surface area (Å²) in [4.78, 5) is 40.7. The van der Waals surface area contributed by atoms with Crippen LogP contribution in [0.3, 0.4) is 0 Å². The predicted octanol–water partition coefficient (Wildman–Crippen LogP) is 7.37. The second-order valence-electron chi connectivity index (χ2n) is 13.5. The SMILES string of the molecule is COc1cc(C(=O)N(C)CC(CCN2CCC(C(=O)c3nc4ccccc4n3Cc3ccccn3)CC2)c2cccc(C(F)(F)F)c2)cc(OC)c1OC. The summed E-state index contributed by atoms with van der Waals surface area (Å²) in [5, 5.41) is 0. The highest BCUT2D eigenvalue weighted by atomic mass is 19.4. The zero-order valence-electron chi connectivity index (χ0n) is 30.8. The van der Waals surface area contributed by atoms with Crippen LogP contribution in [0, 0.1) is 5.92 Å². The molecule has 2 aromatic heterocycles. The zero-order chi connectivity index (χ0) is 38.4. The molecule has 0 saturated carbocycles. The maximum atomic E-state index is 14.0. The largest absolute Gasteiger partial charge is 0.493 e. The first kappa shape index (κ1) is 38.3. The second-order valence-corrected chi connectivity index (χ2v) is 13.5. The molecular formula is C41H44F3N5O5. The standard InChI is InChI=1S/C41H44F3N5O5/c1-47(40(51)30-23-35(52-2)38(54-4)36(24-30)53-3)25-29(28-10-9-11-31(22-28)41(42,43)44)17-21-48-19-15-27(16-20-48)37(50)39-46-33-13-5-6-14-34(33)49(39)26-32-12-7-8-18-45-32/h5-14,18,22-24,27,29H,15-17,19-21,25-26H2,1-4H3. The molecule has 0 radical (unpaired) electrons. The van der Waals surface area contributed by atoms with Crippen molar-refractivity contribution in [2.45, 2.75) is 37.9 Å². The van der Waals surface area contributed by atoms with E-state index < -0.39 is 17.7 Å². The van der Waals surface area contributed by atoms with Crippen LogP contribution in [0.25, 0.3) is 11.0 Å². The third kappa shape index (κ3) is 8.52. The summed E-state index contributed by atoms with van der Waals surface area (Å²) >= 11 is 0. The van der Waals surface area contributed by atoms with Crippen LogP contribution in [0.4, 0.5) is 13.2 Å². The number of rotatable bonds is 14. The number of aromatic nitrogens is 3. The summed E-state index contributed by atoms with van der Waals surface area (Å²) in [6.07, 6.45) is -1.04. The average Bonchev–Trinajstić information content (AvgIpc) is 3.56. The topological polar surface area (TPSA) is 99.0 Å². The van der Waals surface area contributed by atoms with Crippen molar-refractivity contribution in [3.05, 3.63) is 113 Å². The number of ketones is 1. The van der Waals surface area contributed by atoms with Crippen molar-refractivity contribution in [2.75, 3.05) is 54.6 Å². The second kappa shape index (κ2) is 16.7. The van der Waals surface area contributed by atoms with E-state index in [9.17, 15) is 22.8 Å². The number of fused-ring (bicyclic) bond motifs is 1. The lowest BCUT2D eigenvalue weighted by Crippen LogP contribution is -2.39. The van der Waals surface area contributed by atoms with Gasteiger partial charge in [-0.3, -0.25) is 14.6 Å². The van der Waals surface area contributed by atoms with Crippen molar-refractivity contribution in [3.63, 3.8) is 0 Å². The highest BCUT2D eigenvalue weighted by Gasteiger charge is 2.33. The van der Waals surface area contributed by atoms with E-state index in [1.807, 2.05) is 47.0 Å². The van der Waals surface area contributed by atoms with Gasteiger partial charge in [0, 0.05) is 37.2 Å². The number of amides is 1. The number of carbonyl (C=O) groups is 2. The highest BCUT2D eigenvalue weighted by molar-refractivity contribution is 5.98.